The highest BCUT2D eigenvalue weighted by Gasteiger charge is 2.61. The van der Waals surface area contributed by atoms with E-state index in [1.807, 2.05) is 30.3 Å². The van der Waals surface area contributed by atoms with Crippen LogP contribution in [-0.4, -0.2) is 33.6 Å². The summed E-state index contributed by atoms with van der Waals surface area (Å²) < 4.78 is 0. The maximum Gasteiger partial charge on any atom is 0.249 e. The largest absolute Gasteiger partial charge is 0.309 e. The maximum atomic E-state index is 13.3. The number of carbonyl (C=O) groups excluding carboxylic acids is 3. The van der Waals surface area contributed by atoms with Crippen molar-refractivity contribution in [3.63, 3.8) is 0 Å². The van der Waals surface area contributed by atoms with Crippen molar-refractivity contribution < 1.29 is 14.4 Å². The average Bonchev–Trinajstić information content (AvgIpc) is 3.42. The summed E-state index contributed by atoms with van der Waals surface area (Å²) in [4.78, 5) is 45.0. The molecule has 2 heterocycles. The van der Waals surface area contributed by atoms with E-state index in [1.165, 1.54) is 4.90 Å². The zero-order valence-corrected chi connectivity index (χ0v) is 15.8. The normalized spacial score (nSPS) is 27.9. The van der Waals surface area contributed by atoms with Gasteiger partial charge in [0.2, 0.25) is 17.7 Å². The van der Waals surface area contributed by atoms with Crippen LogP contribution >= 0.6 is 0 Å². The molecule has 0 unspecified atom stereocenters. The number of amides is 3. The number of hydrogen-bond acceptors (Lipinski definition) is 4. The van der Waals surface area contributed by atoms with Gasteiger partial charge in [-0.05, 0) is 36.0 Å². The minimum absolute atomic E-state index is 0.114. The van der Waals surface area contributed by atoms with Crippen molar-refractivity contribution in [3.05, 3.63) is 72.4 Å². The van der Waals surface area contributed by atoms with Crippen molar-refractivity contribution >= 4 is 23.5 Å². The molecule has 3 aliphatic rings. The third-order valence-electron chi connectivity index (χ3n) is 6.31. The first-order valence-electron chi connectivity index (χ1n) is 9.94. The van der Waals surface area contributed by atoms with Crippen molar-refractivity contribution in [1.29, 1.82) is 0 Å². The lowest BCUT2D eigenvalue weighted by atomic mass is 9.85. The fraction of sp³-hybridized carbons (Fsp3) is 0.304. The Labute approximate surface area is 168 Å². The minimum atomic E-state index is -0.899. The van der Waals surface area contributed by atoms with Crippen LogP contribution < -0.4 is 5.32 Å². The minimum Gasteiger partial charge on any atom is -0.309 e. The van der Waals surface area contributed by atoms with Gasteiger partial charge >= 0.3 is 0 Å². The van der Waals surface area contributed by atoms with E-state index < -0.39 is 11.9 Å². The number of hydrogen-bond donors (Lipinski definition) is 1. The lowest BCUT2D eigenvalue weighted by molar-refractivity contribution is -0.147. The second-order valence-corrected chi connectivity index (χ2v) is 7.96. The monoisotopic (exact) mass is 387 g/mol. The number of carbonyl (C=O) groups is 3. The van der Waals surface area contributed by atoms with Crippen LogP contribution in [0.2, 0.25) is 0 Å². The van der Waals surface area contributed by atoms with Gasteiger partial charge in [-0.25, -0.2) is 4.98 Å². The van der Waals surface area contributed by atoms with Gasteiger partial charge in [0.25, 0.3) is 0 Å². The molecular weight excluding hydrogens is 366 g/mol. The third-order valence-corrected chi connectivity index (χ3v) is 6.31. The molecule has 29 heavy (non-hydrogen) atoms. The van der Waals surface area contributed by atoms with Gasteiger partial charge in [0.05, 0.1) is 11.8 Å². The Kier molecular flexibility index (Phi) is 4.27. The number of likely N-dealkylation sites (tertiary alicyclic amines) is 1. The van der Waals surface area contributed by atoms with E-state index in [0.717, 1.165) is 12.0 Å². The molecule has 2 aromatic rings. The second kappa shape index (κ2) is 6.95. The zero-order chi connectivity index (χ0) is 20.0. The van der Waals surface area contributed by atoms with E-state index in [2.05, 4.69) is 22.5 Å². The molecule has 1 saturated carbocycles. The molecule has 0 spiro atoms. The molecule has 146 valence electrons. The first kappa shape index (κ1) is 17.8. The quantitative estimate of drug-likeness (QED) is 0.631. The number of rotatable bonds is 5. The van der Waals surface area contributed by atoms with E-state index in [-0.39, 0.29) is 41.9 Å². The van der Waals surface area contributed by atoms with E-state index in [1.54, 1.807) is 24.4 Å². The molecule has 5 atom stereocenters. The first-order chi connectivity index (χ1) is 14.1. The predicted octanol–water partition coefficient (Wildman–Crippen LogP) is 2.44. The SMILES string of the molecule is O=C(Nc1ccccn1)[C@H](Cc1ccccc1)N1C(=O)[C@@H]2[C@H](C1=O)[C@H]1C=C[C@H]2C1. The summed E-state index contributed by atoms with van der Waals surface area (Å²) in [5.74, 6) is -0.837. The highest BCUT2D eigenvalue weighted by molar-refractivity contribution is 6.10. The second-order valence-electron chi connectivity index (χ2n) is 7.96. The Morgan fingerprint density at radius 3 is 2.28 bits per heavy atom. The summed E-state index contributed by atoms with van der Waals surface area (Å²) in [6, 6.07) is 13.8. The Morgan fingerprint density at radius 2 is 1.66 bits per heavy atom. The van der Waals surface area contributed by atoms with Crippen LogP contribution in [0.5, 0.6) is 0 Å². The summed E-state index contributed by atoms with van der Waals surface area (Å²) in [6.07, 6.45) is 6.84. The number of imide groups is 1. The van der Waals surface area contributed by atoms with Gasteiger partial charge in [0, 0.05) is 12.6 Å². The molecule has 2 bridgehead atoms. The molecule has 5 rings (SSSR count). The highest BCUT2D eigenvalue weighted by Crippen LogP contribution is 2.53. The fourth-order valence-corrected chi connectivity index (χ4v) is 5.02. The average molecular weight is 387 g/mol. The van der Waals surface area contributed by atoms with Crippen molar-refractivity contribution in [2.75, 3.05) is 5.32 Å². The molecule has 6 nitrogen and oxygen atoms in total. The molecule has 1 aromatic carbocycles. The number of nitrogens with zero attached hydrogens (tertiary/aromatic N) is 2. The Hall–Kier alpha value is -3.28. The first-order valence-corrected chi connectivity index (χ1v) is 9.94. The van der Waals surface area contributed by atoms with Gasteiger partial charge in [-0.2, -0.15) is 0 Å². The standard InChI is InChI=1S/C23H21N3O3/c27-21(25-18-8-4-5-11-24-18)17(12-14-6-2-1-3-7-14)26-22(28)19-15-9-10-16(13-15)20(19)23(26)29/h1-11,15-17,19-20H,12-13H2,(H,24,25,27)/t15-,16-,17-,19-,20+/m0/s1. The van der Waals surface area contributed by atoms with Crippen LogP contribution in [0.3, 0.4) is 0 Å². The van der Waals surface area contributed by atoms with E-state index in [9.17, 15) is 14.4 Å². The Balaban J connectivity index is 1.46. The number of aromatic nitrogens is 1. The zero-order valence-electron chi connectivity index (χ0n) is 15.8. The molecule has 2 aliphatic carbocycles. The molecule has 1 aliphatic heterocycles. The summed E-state index contributed by atoms with van der Waals surface area (Å²) >= 11 is 0. The van der Waals surface area contributed by atoms with Crippen molar-refractivity contribution in [1.82, 2.24) is 9.88 Å². The number of fused-ring (bicyclic) bond motifs is 5. The summed E-state index contributed by atoms with van der Waals surface area (Å²) in [5.41, 5.74) is 0.896. The molecule has 1 aromatic heterocycles. The van der Waals surface area contributed by atoms with Crippen LogP contribution in [0.15, 0.2) is 66.9 Å². The van der Waals surface area contributed by atoms with Crippen molar-refractivity contribution in [3.8, 4) is 0 Å². The number of benzene rings is 1. The summed E-state index contributed by atoms with van der Waals surface area (Å²) in [5, 5.41) is 2.77. The number of anilines is 1. The van der Waals surface area contributed by atoms with Gasteiger partial charge < -0.3 is 5.32 Å². The molecule has 3 amide bonds. The highest BCUT2D eigenvalue weighted by atomic mass is 16.2. The molecule has 1 N–H and O–H groups in total. The number of nitrogens with one attached hydrogen (secondary N) is 1. The lowest BCUT2D eigenvalue weighted by Gasteiger charge is -2.27. The molecule has 1 saturated heterocycles. The maximum absolute atomic E-state index is 13.3. The molecule has 0 radical (unpaired) electrons. The number of allylic oxidation sites excluding steroid dienone is 2. The Bertz CT molecular complexity index is 959. The molecular formula is C23H21N3O3. The predicted molar refractivity (Wildman–Crippen MR) is 106 cm³/mol. The van der Waals surface area contributed by atoms with E-state index in [4.69, 9.17) is 0 Å². The van der Waals surface area contributed by atoms with Gasteiger partial charge in [-0.1, -0.05) is 48.6 Å². The summed E-state index contributed by atoms with van der Waals surface area (Å²) in [7, 11) is 0. The van der Waals surface area contributed by atoms with Gasteiger partial charge in [-0.3, -0.25) is 19.3 Å². The van der Waals surface area contributed by atoms with Gasteiger partial charge in [0.1, 0.15) is 11.9 Å². The third kappa shape index (κ3) is 2.95. The van der Waals surface area contributed by atoms with Gasteiger partial charge in [-0.15, -0.1) is 0 Å². The molecule has 2 fully saturated rings. The van der Waals surface area contributed by atoms with E-state index >= 15 is 0 Å². The van der Waals surface area contributed by atoms with E-state index in [0.29, 0.717) is 5.82 Å². The van der Waals surface area contributed by atoms with Crippen LogP contribution in [0.4, 0.5) is 5.82 Å². The summed E-state index contributed by atoms with van der Waals surface area (Å²) in [6.45, 7) is 0. The molecule has 6 heteroatoms. The van der Waals surface area contributed by atoms with Crippen LogP contribution in [0.25, 0.3) is 0 Å². The Morgan fingerprint density at radius 1 is 1.00 bits per heavy atom. The lowest BCUT2D eigenvalue weighted by Crippen LogP contribution is -2.49. The fourth-order valence-electron chi connectivity index (χ4n) is 5.02. The van der Waals surface area contributed by atoms with Crippen molar-refractivity contribution in [2.45, 2.75) is 18.9 Å². The van der Waals surface area contributed by atoms with Crippen LogP contribution in [0.1, 0.15) is 12.0 Å². The van der Waals surface area contributed by atoms with Crippen molar-refractivity contribution in [2.24, 2.45) is 23.7 Å². The van der Waals surface area contributed by atoms with Gasteiger partial charge in [0.15, 0.2) is 0 Å². The topological polar surface area (TPSA) is 79.4 Å². The van der Waals surface area contributed by atoms with Crippen LogP contribution in [-0.2, 0) is 20.8 Å². The smallest absolute Gasteiger partial charge is 0.249 e. The van der Waals surface area contributed by atoms with Crippen LogP contribution in [0, 0.1) is 23.7 Å². The number of pyridine rings is 1.